The number of carbonyl (C=O) groups is 2. The van der Waals surface area contributed by atoms with E-state index >= 15 is 0 Å². The Balaban J connectivity index is 2.14. The van der Waals surface area contributed by atoms with Crippen LogP contribution in [0.5, 0.6) is 17.2 Å². The number of hydrogen-bond acceptors (Lipinski definition) is 9. The Morgan fingerprint density at radius 3 is 2.30 bits per heavy atom. The van der Waals surface area contributed by atoms with Crippen molar-refractivity contribution in [3.05, 3.63) is 41.5 Å². The second kappa shape index (κ2) is 8.83. The van der Waals surface area contributed by atoms with Crippen molar-refractivity contribution >= 4 is 29.8 Å². The Kier molecular flexibility index (Phi) is 6.22. The zero-order chi connectivity index (χ0) is 21.8. The first-order valence-corrected chi connectivity index (χ1v) is 9.18. The van der Waals surface area contributed by atoms with Crippen molar-refractivity contribution in [3.8, 4) is 17.2 Å². The molecule has 0 fully saturated rings. The summed E-state index contributed by atoms with van der Waals surface area (Å²) in [4.78, 5) is 29.7. The van der Waals surface area contributed by atoms with Crippen LogP contribution in [0.15, 0.2) is 35.3 Å². The zero-order valence-corrected chi connectivity index (χ0v) is 17.0. The lowest BCUT2D eigenvalue weighted by Gasteiger charge is -2.29. The normalized spacial score (nSPS) is 17.7. The highest BCUT2D eigenvalue weighted by Gasteiger charge is 2.38. The summed E-state index contributed by atoms with van der Waals surface area (Å²) in [5.41, 5.74) is 14.5. The molecular weight excluding hydrogens is 388 g/mol. The van der Waals surface area contributed by atoms with Gasteiger partial charge in [-0.1, -0.05) is 6.07 Å². The van der Waals surface area contributed by atoms with Gasteiger partial charge in [-0.15, -0.1) is 0 Å². The van der Waals surface area contributed by atoms with Crippen LogP contribution < -0.4 is 30.6 Å². The molecule has 0 spiro atoms. The van der Waals surface area contributed by atoms with E-state index in [-0.39, 0.29) is 6.29 Å². The summed E-state index contributed by atoms with van der Waals surface area (Å²) >= 11 is 0. The number of aldehydes is 1. The monoisotopic (exact) mass is 412 g/mol. The highest BCUT2D eigenvalue weighted by molar-refractivity contribution is 6.28. The molecule has 9 heteroatoms. The number of rotatable bonds is 8. The van der Waals surface area contributed by atoms with Gasteiger partial charge >= 0.3 is 0 Å². The number of benzene rings is 2. The molecule has 30 heavy (non-hydrogen) atoms. The van der Waals surface area contributed by atoms with Crippen LogP contribution in [-0.2, 0) is 16.1 Å². The maximum absolute atomic E-state index is 12.3. The standard InChI is InChI=1S/C21H24N4O5/c1-28-17-6-13(7-18(29-2)21(17)30-3)20-19(16(27)10-26)24-11-25(20)14-5-4-12(9-22)15(23)8-14/h4-8,10-11,19-20H,9,22-23H2,1-3H3. The minimum atomic E-state index is -0.930. The van der Waals surface area contributed by atoms with E-state index in [4.69, 9.17) is 25.7 Å². The number of ketones is 1. The molecule has 2 atom stereocenters. The summed E-state index contributed by atoms with van der Waals surface area (Å²) in [6.45, 7) is 0.308. The van der Waals surface area contributed by atoms with E-state index in [0.29, 0.717) is 40.7 Å². The van der Waals surface area contributed by atoms with E-state index in [9.17, 15) is 9.59 Å². The smallest absolute Gasteiger partial charge is 0.222 e. The van der Waals surface area contributed by atoms with E-state index in [1.807, 2.05) is 12.1 Å². The predicted octanol–water partition coefficient (Wildman–Crippen LogP) is 1.48. The van der Waals surface area contributed by atoms with Gasteiger partial charge in [-0.05, 0) is 35.4 Å². The molecule has 1 heterocycles. The van der Waals surface area contributed by atoms with Gasteiger partial charge < -0.3 is 30.6 Å². The van der Waals surface area contributed by atoms with Crippen LogP contribution in [0.4, 0.5) is 11.4 Å². The Bertz CT molecular complexity index is 966. The van der Waals surface area contributed by atoms with Crippen molar-refractivity contribution in [1.29, 1.82) is 0 Å². The van der Waals surface area contributed by atoms with Gasteiger partial charge in [-0.3, -0.25) is 14.6 Å². The van der Waals surface area contributed by atoms with Crippen molar-refractivity contribution in [2.45, 2.75) is 18.6 Å². The van der Waals surface area contributed by atoms with Gasteiger partial charge in [0, 0.05) is 17.9 Å². The van der Waals surface area contributed by atoms with E-state index in [1.165, 1.54) is 27.7 Å². The number of nitrogen functional groups attached to an aromatic ring is 1. The first-order valence-electron chi connectivity index (χ1n) is 9.18. The number of hydrogen-bond donors (Lipinski definition) is 2. The molecule has 0 saturated carbocycles. The van der Waals surface area contributed by atoms with Gasteiger partial charge in [0.1, 0.15) is 6.04 Å². The SMILES string of the molecule is COc1cc(C2C(C(=O)C=O)N=CN2c2ccc(CN)c(N)c2)cc(OC)c1OC. The molecule has 0 saturated heterocycles. The molecule has 2 unspecified atom stereocenters. The van der Waals surface area contributed by atoms with Crippen LogP contribution in [-0.4, -0.2) is 45.8 Å². The minimum absolute atomic E-state index is 0.280. The second-order valence-corrected chi connectivity index (χ2v) is 6.63. The van der Waals surface area contributed by atoms with Crippen LogP contribution in [0, 0.1) is 0 Å². The molecule has 158 valence electrons. The van der Waals surface area contributed by atoms with Crippen molar-refractivity contribution in [1.82, 2.24) is 0 Å². The van der Waals surface area contributed by atoms with Crippen molar-refractivity contribution < 1.29 is 23.8 Å². The molecule has 1 aliphatic heterocycles. The van der Waals surface area contributed by atoms with E-state index < -0.39 is 17.9 Å². The first kappa shape index (κ1) is 21.1. The average molecular weight is 412 g/mol. The Hall–Kier alpha value is -3.59. The van der Waals surface area contributed by atoms with Crippen LogP contribution in [0.25, 0.3) is 0 Å². The van der Waals surface area contributed by atoms with Gasteiger partial charge in [-0.2, -0.15) is 0 Å². The Morgan fingerprint density at radius 2 is 1.80 bits per heavy atom. The van der Waals surface area contributed by atoms with Gasteiger partial charge in [0.2, 0.25) is 11.5 Å². The average Bonchev–Trinajstić information content (AvgIpc) is 3.22. The molecule has 0 aliphatic carbocycles. The summed E-state index contributed by atoms with van der Waals surface area (Å²) in [7, 11) is 4.51. The Labute approximate surface area is 174 Å². The number of carbonyl (C=O) groups excluding carboxylic acids is 2. The second-order valence-electron chi connectivity index (χ2n) is 6.63. The van der Waals surface area contributed by atoms with Crippen LogP contribution >= 0.6 is 0 Å². The maximum Gasteiger partial charge on any atom is 0.222 e. The molecule has 2 aromatic rings. The predicted molar refractivity (Wildman–Crippen MR) is 113 cm³/mol. The zero-order valence-electron chi connectivity index (χ0n) is 17.0. The number of Topliss-reactive ketones (excluding diaryl/α,β-unsaturated/α-hetero) is 1. The Morgan fingerprint density at radius 1 is 1.13 bits per heavy atom. The molecule has 4 N–H and O–H groups in total. The molecule has 0 bridgehead atoms. The summed E-state index contributed by atoms with van der Waals surface area (Å²) in [5, 5.41) is 0. The van der Waals surface area contributed by atoms with Gasteiger partial charge in [0.15, 0.2) is 17.8 Å². The number of aliphatic imine (C=N–C) groups is 1. The topological polar surface area (TPSA) is 129 Å². The number of nitrogens with two attached hydrogens (primary N) is 2. The lowest BCUT2D eigenvalue weighted by atomic mass is 9.95. The highest BCUT2D eigenvalue weighted by atomic mass is 16.5. The number of ether oxygens (including phenoxy) is 3. The van der Waals surface area contributed by atoms with Gasteiger partial charge in [0.25, 0.3) is 0 Å². The summed E-state index contributed by atoms with van der Waals surface area (Å²) in [6, 6.07) is 7.34. The molecule has 0 aromatic heterocycles. The highest BCUT2D eigenvalue weighted by Crippen LogP contribution is 2.43. The number of methoxy groups -OCH3 is 3. The molecule has 0 radical (unpaired) electrons. The van der Waals surface area contributed by atoms with E-state index in [0.717, 1.165) is 5.56 Å². The summed E-state index contributed by atoms with van der Waals surface area (Å²) in [5.74, 6) is 0.631. The summed E-state index contributed by atoms with van der Waals surface area (Å²) < 4.78 is 16.3. The first-order chi connectivity index (χ1) is 14.5. The fourth-order valence-corrected chi connectivity index (χ4v) is 3.52. The summed E-state index contributed by atoms with van der Waals surface area (Å²) in [6.07, 6.45) is 1.80. The fourth-order valence-electron chi connectivity index (χ4n) is 3.52. The largest absolute Gasteiger partial charge is 0.493 e. The lowest BCUT2D eigenvalue weighted by molar-refractivity contribution is -0.130. The molecular formula is C21H24N4O5. The molecule has 9 nitrogen and oxygen atoms in total. The molecule has 0 amide bonds. The third-order valence-electron chi connectivity index (χ3n) is 5.03. The van der Waals surface area contributed by atoms with Gasteiger partial charge in [-0.25, -0.2) is 0 Å². The third kappa shape index (κ3) is 3.67. The molecule has 1 aliphatic rings. The fraction of sp³-hybridized carbons (Fsp3) is 0.286. The van der Waals surface area contributed by atoms with Gasteiger partial charge in [0.05, 0.1) is 33.7 Å². The van der Waals surface area contributed by atoms with Crippen LogP contribution in [0.1, 0.15) is 17.2 Å². The minimum Gasteiger partial charge on any atom is -0.493 e. The number of anilines is 2. The maximum atomic E-state index is 12.3. The van der Waals surface area contributed by atoms with Crippen LogP contribution in [0.2, 0.25) is 0 Å². The molecule has 2 aromatic carbocycles. The molecule has 3 rings (SSSR count). The quantitative estimate of drug-likeness (QED) is 0.379. The van der Waals surface area contributed by atoms with Crippen molar-refractivity contribution in [2.24, 2.45) is 10.7 Å². The van der Waals surface area contributed by atoms with E-state index in [1.54, 1.807) is 23.1 Å². The van der Waals surface area contributed by atoms with Crippen LogP contribution in [0.3, 0.4) is 0 Å². The lowest BCUT2D eigenvalue weighted by Crippen LogP contribution is -2.33. The van der Waals surface area contributed by atoms with Crippen molar-refractivity contribution in [3.63, 3.8) is 0 Å². The van der Waals surface area contributed by atoms with Crippen molar-refractivity contribution in [2.75, 3.05) is 32.0 Å². The van der Waals surface area contributed by atoms with E-state index in [2.05, 4.69) is 4.99 Å². The number of nitrogens with zero attached hydrogens (tertiary/aromatic N) is 2. The third-order valence-corrected chi connectivity index (χ3v) is 5.03.